The van der Waals surface area contributed by atoms with Gasteiger partial charge in [-0.05, 0) is 11.6 Å². The van der Waals surface area contributed by atoms with E-state index in [-0.39, 0.29) is 5.41 Å². The van der Waals surface area contributed by atoms with Gasteiger partial charge in [-0.2, -0.15) is 0 Å². The van der Waals surface area contributed by atoms with Crippen molar-refractivity contribution in [3.8, 4) is 11.3 Å². The zero-order valence-electron chi connectivity index (χ0n) is 12.5. The Morgan fingerprint density at radius 3 is 2.73 bits per heavy atom. The van der Waals surface area contributed by atoms with Crippen molar-refractivity contribution in [3.63, 3.8) is 0 Å². The second-order valence-corrected chi connectivity index (χ2v) is 6.49. The zero-order chi connectivity index (χ0) is 14.9. The Morgan fingerprint density at radius 1 is 0.955 bits per heavy atom. The summed E-state index contributed by atoms with van der Waals surface area (Å²) in [6.45, 7) is 4.49. The van der Waals surface area contributed by atoms with Gasteiger partial charge in [-0.25, -0.2) is 9.97 Å². The number of aromatic amines is 1. The lowest BCUT2D eigenvalue weighted by atomic mass is 9.83. The number of para-hydroxylation sites is 1. The molecule has 5 rings (SSSR count). The number of hydrogen-bond donors (Lipinski definition) is 1. The van der Waals surface area contributed by atoms with Gasteiger partial charge in [0.05, 0.1) is 11.2 Å². The van der Waals surface area contributed by atoms with Crippen molar-refractivity contribution in [3.05, 3.63) is 60.0 Å². The molecular formula is C19H15N3. The summed E-state index contributed by atoms with van der Waals surface area (Å²) in [5, 5.41) is 2.53. The summed E-state index contributed by atoms with van der Waals surface area (Å²) in [4.78, 5) is 12.4. The van der Waals surface area contributed by atoms with Crippen LogP contribution in [0, 0.1) is 0 Å². The Bertz CT molecular complexity index is 1060. The van der Waals surface area contributed by atoms with E-state index in [1.165, 1.54) is 38.5 Å². The first-order valence-corrected chi connectivity index (χ1v) is 7.52. The Hall–Kier alpha value is -2.68. The zero-order valence-corrected chi connectivity index (χ0v) is 12.5. The molecule has 0 unspecified atom stereocenters. The maximum atomic E-state index is 4.59. The van der Waals surface area contributed by atoms with Gasteiger partial charge in [0.25, 0.3) is 0 Å². The second kappa shape index (κ2) is 3.74. The molecular weight excluding hydrogens is 270 g/mol. The summed E-state index contributed by atoms with van der Waals surface area (Å²) in [5.41, 5.74) is 7.12. The van der Waals surface area contributed by atoms with Gasteiger partial charge in [0.2, 0.25) is 0 Å². The standard InChI is InChI=1S/C19H15N3/c1-19(2)13-8-7-12-11-5-3-4-6-15(11)22-17(12)16(13)18-14(19)9-20-10-21-18/h3-10,22H,1-2H3. The highest BCUT2D eigenvalue weighted by atomic mass is 14.8. The fraction of sp³-hybridized carbons (Fsp3) is 0.158. The topological polar surface area (TPSA) is 41.6 Å². The molecule has 22 heavy (non-hydrogen) atoms. The number of nitrogens with one attached hydrogen (secondary N) is 1. The van der Waals surface area contributed by atoms with Crippen LogP contribution in [-0.4, -0.2) is 15.0 Å². The summed E-state index contributed by atoms with van der Waals surface area (Å²) in [7, 11) is 0. The molecule has 0 bridgehead atoms. The van der Waals surface area contributed by atoms with Crippen LogP contribution in [0.3, 0.4) is 0 Å². The minimum absolute atomic E-state index is 0.0581. The number of rotatable bonds is 0. The summed E-state index contributed by atoms with van der Waals surface area (Å²) in [5.74, 6) is 0. The third-order valence-corrected chi connectivity index (χ3v) is 4.98. The molecule has 2 aromatic heterocycles. The normalized spacial score (nSPS) is 15.2. The third-order valence-electron chi connectivity index (χ3n) is 4.98. The average molecular weight is 285 g/mol. The van der Waals surface area contributed by atoms with Crippen molar-refractivity contribution in [2.24, 2.45) is 0 Å². The van der Waals surface area contributed by atoms with Crippen LogP contribution < -0.4 is 0 Å². The van der Waals surface area contributed by atoms with Crippen molar-refractivity contribution in [2.75, 3.05) is 0 Å². The van der Waals surface area contributed by atoms with E-state index in [2.05, 4.69) is 65.2 Å². The maximum absolute atomic E-state index is 4.59. The van der Waals surface area contributed by atoms with Gasteiger partial charge < -0.3 is 4.98 Å². The molecule has 3 nitrogen and oxygen atoms in total. The summed E-state index contributed by atoms with van der Waals surface area (Å²) in [6.07, 6.45) is 3.60. The molecule has 0 radical (unpaired) electrons. The van der Waals surface area contributed by atoms with E-state index in [9.17, 15) is 0 Å². The van der Waals surface area contributed by atoms with E-state index in [1.54, 1.807) is 6.33 Å². The predicted octanol–water partition coefficient (Wildman–Crippen LogP) is 4.42. The molecule has 106 valence electrons. The van der Waals surface area contributed by atoms with Crippen LogP contribution in [0.1, 0.15) is 25.0 Å². The average Bonchev–Trinajstić information content (AvgIpc) is 3.02. The first kappa shape index (κ1) is 11.9. The molecule has 1 aliphatic carbocycles. The van der Waals surface area contributed by atoms with Crippen molar-refractivity contribution in [2.45, 2.75) is 19.3 Å². The van der Waals surface area contributed by atoms with E-state index in [0.29, 0.717) is 0 Å². The second-order valence-electron chi connectivity index (χ2n) is 6.49. The van der Waals surface area contributed by atoms with Gasteiger partial charge in [0.15, 0.2) is 0 Å². The highest BCUT2D eigenvalue weighted by Gasteiger charge is 2.38. The molecule has 0 atom stereocenters. The summed E-state index contributed by atoms with van der Waals surface area (Å²) < 4.78 is 0. The van der Waals surface area contributed by atoms with Crippen LogP contribution in [0.25, 0.3) is 33.1 Å². The Morgan fingerprint density at radius 2 is 1.82 bits per heavy atom. The van der Waals surface area contributed by atoms with E-state index >= 15 is 0 Å². The minimum Gasteiger partial charge on any atom is -0.354 e. The Balaban J connectivity index is 2.02. The van der Waals surface area contributed by atoms with Gasteiger partial charge in [-0.1, -0.05) is 44.2 Å². The molecule has 0 aliphatic heterocycles. The molecule has 1 aliphatic rings. The van der Waals surface area contributed by atoms with Gasteiger partial charge in [-0.3, -0.25) is 0 Å². The van der Waals surface area contributed by atoms with Crippen molar-refractivity contribution < 1.29 is 0 Å². The predicted molar refractivity (Wildman–Crippen MR) is 89.0 cm³/mol. The lowest BCUT2D eigenvalue weighted by Crippen LogP contribution is -2.15. The van der Waals surface area contributed by atoms with Crippen LogP contribution >= 0.6 is 0 Å². The van der Waals surface area contributed by atoms with Crippen LogP contribution in [0.5, 0.6) is 0 Å². The fourth-order valence-corrected chi connectivity index (χ4v) is 3.82. The van der Waals surface area contributed by atoms with Crippen LogP contribution in [-0.2, 0) is 5.41 Å². The quantitative estimate of drug-likeness (QED) is 0.519. The van der Waals surface area contributed by atoms with Crippen LogP contribution in [0.2, 0.25) is 0 Å². The number of fused-ring (bicyclic) bond motifs is 7. The largest absolute Gasteiger partial charge is 0.354 e. The van der Waals surface area contributed by atoms with E-state index in [1.807, 2.05) is 6.20 Å². The first-order valence-electron chi connectivity index (χ1n) is 7.52. The number of benzene rings is 2. The molecule has 3 heteroatoms. The number of hydrogen-bond acceptors (Lipinski definition) is 2. The Labute approximate surface area is 128 Å². The number of H-pyrrole nitrogens is 1. The van der Waals surface area contributed by atoms with Crippen molar-refractivity contribution >= 4 is 21.8 Å². The number of nitrogens with zero attached hydrogens (tertiary/aromatic N) is 2. The minimum atomic E-state index is -0.0581. The molecule has 2 heterocycles. The number of aromatic nitrogens is 3. The monoisotopic (exact) mass is 285 g/mol. The molecule has 2 aromatic carbocycles. The van der Waals surface area contributed by atoms with Crippen LogP contribution in [0.15, 0.2) is 48.9 Å². The lowest BCUT2D eigenvalue weighted by molar-refractivity contribution is 0.655. The van der Waals surface area contributed by atoms with Gasteiger partial charge in [0.1, 0.15) is 6.33 Å². The molecule has 0 amide bonds. The van der Waals surface area contributed by atoms with Crippen LogP contribution in [0.4, 0.5) is 0 Å². The third kappa shape index (κ3) is 1.27. The Kier molecular flexibility index (Phi) is 2.03. The van der Waals surface area contributed by atoms with Crippen molar-refractivity contribution in [1.82, 2.24) is 15.0 Å². The smallest absolute Gasteiger partial charge is 0.116 e. The molecule has 0 saturated carbocycles. The van der Waals surface area contributed by atoms with Gasteiger partial charge in [-0.15, -0.1) is 0 Å². The van der Waals surface area contributed by atoms with Gasteiger partial charge >= 0.3 is 0 Å². The highest BCUT2D eigenvalue weighted by molar-refractivity contribution is 6.13. The summed E-state index contributed by atoms with van der Waals surface area (Å²) >= 11 is 0. The first-order chi connectivity index (χ1) is 10.7. The SMILES string of the molecule is CC1(C)c2cncnc2-c2c1ccc1c2[nH]c2ccccc21. The van der Waals surface area contributed by atoms with E-state index < -0.39 is 0 Å². The molecule has 4 aromatic rings. The molecule has 0 spiro atoms. The lowest BCUT2D eigenvalue weighted by Gasteiger charge is -2.20. The maximum Gasteiger partial charge on any atom is 0.116 e. The van der Waals surface area contributed by atoms with E-state index in [0.717, 1.165) is 5.69 Å². The fourth-order valence-electron chi connectivity index (χ4n) is 3.82. The van der Waals surface area contributed by atoms with Crippen molar-refractivity contribution in [1.29, 1.82) is 0 Å². The summed E-state index contributed by atoms with van der Waals surface area (Å²) in [6, 6.07) is 12.9. The van der Waals surface area contributed by atoms with Gasteiger partial charge in [0, 0.05) is 39.0 Å². The molecule has 0 fully saturated rings. The molecule has 1 N–H and O–H groups in total. The van der Waals surface area contributed by atoms with E-state index in [4.69, 9.17) is 0 Å². The highest BCUT2D eigenvalue weighted by Crippen LogP contribution is 2.50. The molecule has 0 saturated heterocycles.